The van der Waals surface area contributed by atoms with E-state index in [1.807, 2.05) is 17.9 Å². The van der Waals surface area contributed by atoms with Crippen LogP contribution in [0.25, 0.3) is 0 Å². The van der Waals surface area contributed by atoms with Gasteiger partial charge in [0, 0.05) is 12.3 Å². The Kier molecular flexibility index (Phi) is 4.95. The first-order valence-electron chi connectivity index (χ1n) is 6.68. The molecule has 0 amide bonds. The number of ether oxygens (including phenoxy) is 1. The van der Waals surface area contributed by atoms with E-state index < -0.39 is 0 Å². The molecule has 5 heteroatoms. The van der Waals surface area contributed by atoms with Crippen molar-refractivity contribution in [2.24, 2.45) is 7.05 Å². The van der Waals surface area contributed by atoms with Gasteiger partial charge in [-0.05, 0) is 25.1 Å². The second-order valence-electron chi connectivity index (χ2n) is 4.66. The van der Waals surface area contributed by atoms with Gasteiger partial charge in [0.25, 0.3) is 0 Å². The third-order valence-corrected chi connectivity index (χ3v) is 4.93. The monoisotopic (exact) mass is 269 g/mol. The Balaban J connectivity index is 2.24. The second-order valence-corrected chi connectivity index (χ2v) is 6.01. The van der Waals surface area contributed by atoms with Crippen LogP contribution in [-0.2, 0) is 7.05 Å². The maximum absolute atomic E-state index is 5.45. The Labute approximate surface area is 113 Å². The maximum Gasteiger partial charge on any atom is 0.161 e. The van der Waals surface area contributed by atoms with Crippen molar-refractivity contribution >= 4 is 11.8 Å². The van der Waals surface area contributed by atoms with E-state index in [9.17, 15) is 0 Å². The van der Waals surface area contributed by atoms with Crippen LogP contribution >= 0.6 is 11.8 Å². The van der Waals surface area contributed by atoms with E-state index in [1.54, 1.807) is 7.11 Å². The van der Waals surface area contributed by atoms with Crippen LogP contribution in [-0.4, -0.2) is 34.4 Å². The van der Waals surface area contributed by atoms with Crippen LogP contribution in [0.5, 0.6) is 5.75 Å². The highest BCUT2D eigenvalue weighted by atomic mass is 32.2. The molecule has 1 aromatic rings. The van der Waals surface area contributed by atoms with Crippen molar-refractivity contribution in [3.05, 3.63) is 11.9 Å². The summed E-state index contributed by atoms with van der Waals surface area (Å²) in [5, 5.41) is 8.56. The average molecular weight is 269 g/mol. The second kappa shape index (κ2) is 6.48. The van der Waals surface area contributed by atoms with E-state index in [0.717, 1.165) is 12.3 Å². The lowest BCUT2D eigenvalue weighted by Crippen LogP contribution is -2.33. The summed E-state index contributed by atoms with van der Waals surface area (Å²) in [5.41, 5.74) is 1.18. The molecule has 102 valence electrons. The van der Waals surface area contributed by atoms with Gasteiger partial charge in [0.2, 0.25) is 0 Å². The number of hydrogen-bond acceptors (Lipinski definition) is 4. The summed E-state index contributed by atoms with van der Waals surface area (Å²) in [5.74, 6) is 2.17. The first kappa shape index (κ1) is 13.7. The van der Waals surface area contributed by atoms with Crippen LogP contribution in [0, 0.1) is 0 Å². The Hall–Kier alpha value is -0.680. The number of nitrogens with zero attached hydrogens (tertiary/aromatic N) is 2. The molecule has 0 bridgehead atoms. The van der Waals surface area contributed by atoms with Gasteiger partial charge in [0.15, 0.2) is 5.75 Å². The van der Waals surface area contributed by atoms with Gasteiger partial charge in [0.1, 0.15) is 0 Å². The third kappa shape index (κ3) is 2.83. The molecule has 18 heavy (non-hydrogen) atoms. The fraction of sp³-hybridized carbons (Fsp3) is 0.769. The fourth-order valence-electron chi connectivity index (χ4n) is 2.59. The number of aromatic nitrogens is 2. The molecule has 2 atom stereocenters. The number of aryl methyl sites for hydroxylation is 1. The predicted octanol–water partition coefficient (Wildman–Crippen LogP) is 2.37. The molecule has 2 unspecified atom stereocenters. The van der Waals surface area contributed by atoms with E-state index in [2.05, 4.69) is 29.1 Å². The summed E-state index contributed by atoms with van der Waals surface area (Å²) in [6, 6.07) is 0.336. The molecule has 1 aliphatic heterocycles. The van der Waals surface area contributed by atoms with Crippen molar-refractivity contribution in [3.63, 3.8) is 0 Å². The molecule has 4 nitrogen and oxygen atoms in total. The van der Waals surface area contributed by atoms with Gasteiger partial charge in [-0.25, -0.2) is 0 Å². The van der Waals surface area contributed by atoms with Crippen LogP contribution in [0.1, 0.15) is 37.9 Å². The summed E-state index contributed by atoms with van der Waals surface area (Å²) in [7, 11) is 3.72. The quantitative estimate of drug-likeness (QED) is 0.890. The summed E-state index contributed by atoms with van der Waals surface area (Å²) < 4.78 is 7.40. The molecule has 1 aromatic heterocycles. The average Bonchev–Trinajstić information content (AvgIpc) is 2.78. The number of rotatable bonds is 5. The SMILES string of the molecule is CCNC(c1c(OC)cnn1C)C1CCCCS1. The number of nitrogens with one attached hydrogen (secondary N) is 1. The molecule has 0 aliphatic carbocycles. The Bertz CT molecular complexity index is 374. The molecule has 1 aliphatic rings. The molecule has 2 heterocycles. The molecule has 0 radical (unpaired) electrons. The lowest BCUT2D eigenvalue weighted by Gasteiger charge is -2.30. The number of hydrogen-bond donors (Lipinski definition) is 1. The minimum atomic E-state index is 0.336. The van der Waals surface area contributed by atoms with Crippen molar-refractivity contribution in [2.45, 2.75) is 37.5 Å². The molecule has 2 rings (SSSR count). The smallest absolute Gasteiger partial charge is 0.161 e. The van der Waals surface area contributed by atoms with Crippen molar-refractivity contribution in [2.75, 3.05) is 19.4 Å². The Morgan fingerprint density at radius 2 is 2.44 bits per heavy atom. The molecular formula is C13H23N3OS. The van der Waals surface area contributed by atoms with Gasteiger partial charge in [-0.2, -0.15) is 16.9 Å². The third-order valence-electron chi connectivity index (χ3n) is 3.47. The first-order chi connectivity index (χ1) is 8.77. The zero-order valence-corrected chi connectivity index (χ0v) is 12.3. The molecule has 1 N–H and O–H groups in total. The molecule has 1 saturated heterocycles. The predicted molar refractivity (Wildman–Crippen MR) is 76.3 cm³/mol. The van der Waals surface area contributed by atoms with Gasteiger partial charge < -0.3 is 10.1 Å². The van der Waals surface area contributed by atoms with Crippen molar-refractivity contribution in [1.29, 1.82) is 0 Å². The zero-order valence-electron chi connectivity index (χ0n) is 11.5. The minimum absolute atomic E-state index is 0.336. The van der Waals surface area contributed by atoms with E-state index in [4.69, 9.17) is 4.74 Å². The highest BCUT2D eigenvalue weighted by molar-refractivity contribution is 8.00. The highest BCUT2D eigenvalue weighted by Crippen LogP contribution is 2.37. The Morgan fingerprint density at radius 1 is 1.61 bits per heavy atom. The van der Waals surface area contributed by atoms with E-state index in [-0.39, 0.29) is 0 Å². The highest BCUT2D eigenvalue weighted by Gasteiger charge is 2.29. The molecule has 0 saturated carbocycles. The molecular weight excluding hydrogens is 246 g/mol. The number of methoxy groups -OCH3 is 1. The van der Waals surface area contributed by atoms with E-state index in [1.165, 1.54) is 30.7 Å². The van der Waals surface area contributed by atoms with Crippen molar-refractivity contribution in [3.8, 4) is 5.75 Å². The fourth-order valence-corrected chi connectivity index (χ4v) is 4.02. The first-order valence-corrected chi connectivity index (χ1v) is 7.73. The van der Waals surface area contributed by atoms with Crippen molar-refractivity contribution < 1.29 is 4.74 Å². The summed E-state index contributed by atoms with van der Waals surface area (Å²) >= 11 is 2.08. The lowest BCUT2D eigenvalue weighted by atomic mass is 10.0. The largest absolute Gasteiger partial charge is 0.493 e. The van der Waals surface area contributed by atoms with Gasteiger partial charge in [-0.3, -0.25) is 4.68 Å². The van der Waals surface area contributed by atoms with Gasteiger partial charge in [0.05, 0.1) is 25.0 Å². The minimum Gasteiger partial charge on any atom is -0.493 e. The van der Waals surface area contributed by atoms with Gasteiger partial charge >= 0.3 is 0 Å². The summed E-state index contributed by atoms with van der Waals surface area (Å²) in [6.07, 6.45) is 5.77. The van der Waals surface area contributed by atoms with Crippen LogP contribution in [0.2, 0.25) is 0 Å². The van der Waals surface area contributed by atoms with Crippen molar-refractivity contribution in [1.82, 2.24) is 15.1 Å². The summed E-state index contributed by atoms with van der Waals surface area (Å²) in [6.45, 7) is 3.12. The van der Waals surface area contributed by atoms with Crippen LogP contribution in [0.3, 0.4) is 0 Å². The Morgan fingerprint density at radius 3 is 3.06 bits per heavy atom. The van der Waals surface area contributed by atoms with Gasteiger partial charge in [-0.15, -0.1) is 0 Å². The normalized spacial score (nSPS) is 21.8. The molecule has 0 aromatic carbocycles. The lowest BCUT2D eigenvalue weighted by molar-refractivity contribution is 0.388. The summed E-state index contributed by atoms with van der Waals surface area (Å²) in [4.78, 5) is 0. The molecule has 0 spiro atoms. The topological polar surface area (TPSA) is 39.1 Å². The standard InChI is InChI=1S/C13H23N3OS/c1-4-14-12(11-7-5-6-8-18-11)13-10(17-3)9-15-16(13)2/h9,11-12,14H,4-8H2,1-3H3. The van der Waals surface area contributed by atoms with E-state index in [0.29, 0.717) is 11.3 Å². The van der Waals surface area contributed by atoms with Gasteiger partial charge in [-0.1, -0.05) is 13.3 Å². The maximum atomic E-state index is 5.45. The van der Waals surface area contributed by atoms with Crippen LogP contribution in [0.15, 0.2) is 6.20 Å². The van der Waals surface area contributed by atoms with Crippen LogP contribution < -0.4 is 10.1 Å². The zero-order chi connectivity index (χ0) is 13.0. The van der Waals surface area contributed by atoms with Crippen LogP contribution in [0.4, 0.5) is 0 Å². The van der Waals surface area contributed by atoms with E-state index >= 15 is 0 Å². The number of thioether (sulfide) groups is 1. The molecule has 1 fully saturated rings.